The van der Waals surface area contributed by atoms with Gasteiger partial charge in [-0.3, -0.25) is 0 Å². The molecule has 1 aliphatic rings. The van der Waals surface area contributed by atoms with E-state index in [-0.39, 0.29) is 0 Å². The molecular weight excluding hydrogens is 287 g/mol. The van der Waals surface area contributed by atoms with Gasteiger partial charge in [-0.2, -0.15) is 0 Å². The van der Waals surface area contributed by atoms with Gasteiger partial charge in [0.05, 0.1) is 0 Å². The molecule has 3 atom stereocenters. The van der Waals surface area contributed by atoms with Gasteiger partial charge in [0.1, 0.15) is 0 Å². The quantitative estimate of drug-likeness (QED) is 0.851. The summed E-state index contributed by atoms with van der Waals surface area (Å²) in [5.74, 6) is 1.54. The minimum atomic E-state index is -0.457. The summed E-state index contributed by atoms with van der Waals surface area (Å²) in [6, 6.07) is 10.7. The zero-order valence-electron chi connectivity index (χ0n) is 11.6. The Balaban J connectivity index is 2.08. The van der Waals surface area contributed by atoms with Crippen LogP contribution >= 0.6 is 0 Å². The van der Waals surface area contributed by atoms with Crippen molar-refractivity contribution in [3.63, 3.8) is 0 Å². The monoisotopic (exact) mass is 312 g/mol. The van der Waals surface area contributed by atoms with Gasteiger partial charge in [0.25, 0.3) is 0 Å². The second-order valence-electron chi connectivity index (χ2n) is 6.06. The molecule has 0 heterocycles. The topological polar surface area (TPSA) is 20.2 Å². The summed E-state index contributed by atoms with van der Waals surface area (Å²) >= 11 is 0.387. The molecule has 0 spiro atoms. The SMILES string of the molecule is CC(C)C1CCC(C)(O)C([Se]c2ccccc2)C1. The van der Waals surface area contributed by atoms with Crippen LogP contribution in [0.2, 0.25) is 4.82 Å². The van der Waals surface area contributed by atoms with Crippen LogP contribution in [0.5, 0.6) is 0 Å². The molecule has 1 aromatic carbocycles. The average molecular weight is 311 g/mol. The van der Waals surface area contributed by atoms with Gasteiger partial charge >= 0.3 is 117 Å². The average Bonchev–Trinajstić information content (AvgIpc) is 2.33. The van der Waals surface area contributed by atoms with Crippen LogP contribution in [0.3, 0.4) is 0 Å². The van der Waals surface area contributed by atoms with E-state index in [1.165, 1.54) is 17.3 Å². The van der Waals surface area contributed by atoms with Crippen molar-refractivity contribution >= 4 is 19.4 Å². The van der Waals surface area contributed by atoms with E-state index >= 15 is 0 Å². The molecule has 3 unspecified atom stereocenters. The third kappa shape index (κ3) is 3.38. The van der Waals surface area contributed by atoms with Gasteiger partial charge in [-0.1, -0.05) is 0 Å². The molecular formula is C16H24OSe. The number of aliphatic hydroxyl groups is 1. The Labute approximate surface area is 117 Å². The maximum absolute atomic E-state index is 10.6. The third-order valence-electron chi connectivity index (χ3n) is 4.20. The zero-order valence-corrected chi connectivity index (χ0v) is 13.3. The molecule has 0 bridgehead atoms. The fourth-order valence-corrected chi connectivity index (χ4v) is 5.58. The van der Waals surface area contributed by atoms with Crippen LogP contribution in [-0.2, 0) is 0 Å². The van der Waals surface area contributed by atoms with Crippen LogP contribution in [0.1, 0.15) is 40.0 Å². The molecule has 0 aromatic heterocycles. The molecule has 0 amide bonds. The Kier molecular flexibility index (Phi) is 4.53. The van der Waals surface area contributed by atoms with Crippen molar-refractivity contribution in [2.24, 2.45) is 11.8 Å². The van der Waals surface area contributed by atoms with E-state index in [1.807, 2.05) is 6.92 Å². The molecule has 1 aliphatic carbocycles. The van der Waals surface area contributed by atoms with E-state index in [0.29, 0.717) is 19.8 Å². The molecule has 1 saturated carbocycles. The number of rotatable bonds is 3. The van der Waals surface area contributed by atoms with E-state index < -0.39 is 5.60 Å². The van der Waals surface area contributed by atoms with E-state index in [9.17, 15) is 5.11 Å². The van der Waals surface area contributed by atoms with Gasteiger partial charge in [0.2, 0.25) is 0 Å². The molecule has 0 saturated heterocycles. The van der Waals surface area contributed by atoms with Crippen LogP contribution < -0.4 is 4.46 Å². The Bertz CT molecular complexity index is 372. The van der Waals surface area contributed by atoms with Crippen LogP contribution in [0.4, 0.5) is 0 Å². The number of benzene rings is 1. The second-order valence-corrected chi connectivity index (χ2v) is 8.73. The second kappa shape index (κ2) is 5.77. The van der Waals surface area contributed by atoms with Gasteiger partial charge in [-0.15, -0.1) is 0 Å². The molecule has 100 valence electrons. The molecule has 0 radical (unpaired) electrons. The Morgan fingerprint density at radius 1 is 1.28 bits per heavy atom. The molecule has 2 rings (SSSR count). The maximum atomic E-state index is 10.6. The Morgan fingerprint density at radius 3 is 2.56 bits per heavy atom. The summed E-state index contributed by atoms with van der Waals surface area (Å²) in [6.45, 7) is 6.67. The van der Waals surface area contributed by atoms with Crippen LogP contribution in [0, 0.1) is 11.8 Å². The van der Waals surface area contributed by atoms with Gasteiger partial charge in [0.15, 0.2) is 0 Å². The summed E-state index contributed by atoms with van der Waals surface area (Å²) in [7, 11) is 0. The standard InChI is InChI=1S/C16H24OSe/c1-12(2)13-9-10-16(3,17)15(11-13)18-14-7-5-4-6-8-14/h4-8,12-13,15,17H,9-11H2,1-3H3. The summed E-state index contributed by atoms with van der Waals surface area (Å²) in [5.41, 5.74) is -0.457. The van der Waals surface area contributed by atoms with Crippen molar-refractivity contribution in [1.29, 1.82) is 0 Å². The summed E-state index contributed by atoms with van der Waals surface area (Å²) < 4.78 is 1.42. The van der Waals surface area contributed by atoms with Crippen LogP contribution in [0.25, 0.3) is 0 Å². The zero-order chi connectivity index (χ0) is 13.2. The normalized spacial score (nSPS) is 32.7. The first-order valence-corrected chi connectivity index (χ1v) is 8.77. The first-order chi connectivity index (χ1) is 8.49. The van der Waals surface area contributed by atoms with E-state index in [0.717, 1.165) is 18.3 Å². The van der Waals surface area contributed by atoms with E-state index in [4.69, 9.17) is 0 Å². The molecule has 18 heavy (non-hydrogen) atoms. The molecule has 1 nitrogen and oxygen atoms in total. The fraction of sp³-hybridized carbons (Fsp3) is 0.625. The molecule has 0 aliphatic heterocycles. The van der Waals surface area contributed by atoms with Gasteiger partial charge in [-0.25, -0.2) is 0 Å². The predicted octanol–water partition coefficient (Wildman–Crippen LogP) is 3.01. The fourth-order valence-electron chi connectivity index (χ4n) is 2.73. The molecule has 2 heteroatoms. The summed E-state index contributed by atoms with van der Waals surface area (Å²) in [5, 5.41) is 10.6. The van der Waals surface area contributed by atoms with Crippen LogP contribution in [0.15, 0.2) is 30.3 Å². The molecule has 1 fully saturated rings. The molecule has 1 aromatic rings. The van der Waals surface area contributed by atoms with Gasteiger partial charge < -0.3 is 0 Å². The van der Waals surface area contributed by atoms with Crippen LogP contribution in [-0.4, -0.2) is 25.7 Å². The molecule has 1 N–H and O–H groups in total. The Morgan fingerprint density at radius 2 is 1.94 bits per heavy atom. The number of hydrogen-bond donors (Lipinski definition) is 1. The summed E-state index contributed by atoms with van der Waals surface area (Å²) in [6.07, 6.45) is 3.35. The summed E-state index contributed by atoms with van der Waals surface area (Å²) in [4.78, 5) is 0.466. The first kappa shape index (κ1) is 14.1. The Hall–Kier alpha value is -0.301. The number of hydrogen-bond acceptors (Lipinski definition) is 1. The third-order valence-corrected chi connectivity index (χ3v) is 7.40. The van der Waals surface area contributed by atoms with Crippen molar-refractivity contribution in [2.75, 3.05) is 0 Å². The van der Waals surface area contributed by atoms with Crippen molar-refractivity contribution < 1.29 is 5.11 Å². The minimum absolute atomic E-state index is 0.387. The predicted molar refractivity (Wildman–Crippen MR) is 78.4 cm³/mol. The van der Waals surface area contributed by atoms with Gasteiger partial charge in [0, 0.05) is 0 Å². The van der Waals surface area contributed by atoms with Crippen molar-refractivity contribution in [2.45, 2.75) is 50.5 Å². The van der Waals surface area contributed by atoms with Crippen molar-refractivity contribution in [1.82, 2.24) is 0 Å². The van der Waals surface area contributed by atoms with Crippen molar-refractivity contribution in [3.8, 4) is 0 Å². The van der Waals surface area contributed by atoms with E-state index in [2.05, 4.69) is 44.2 Å². The first-order valence-electron chi connectivity index (χ1n) is 6.93. The van der Waals surface area contributed by atoms with Crippen molar-refractivity contribution in [3.05, 3.63) is 30.3 Å². The van der Waals surface area contributed by atoms with E-state index in [1.54, 1.807) is 0 Å². The van der Waals surface area contributed by atoms with Gasteiger partial charge in [-0.05, 0) is 0 Å².